The molecule has 0 saturated carbocycles. The van der Waals surface area contributed by atoms with E-state index in [-0.39, 0.29) is 5.75 Å². The largest absolute Gasteiger partial charge is 0.505 e. The van der Waals surface area contributed by atoms with Gasteiger partial charge in [-0.05, 0) is 30.3 Å². The molecule has 3 N–H and O–H groups in total. The highest BCUT2D eigenvalue weighted by Crippen LogP contribution is 2.25. The van der Waals surface area contributed by atoms with E-state index in [1.807, 2.05) is 31.7 Å². The number of nitrogens with two attached hydrogens (primary N) is 1. The number of thiophene rings is 1. The van der Waals surface area contributed by atoms with Crippen molar-refractivity contribution in [3.63, 3.8) is 0 Å². The molecule has 4 rings (SSSR count). The number of nitrogens with zero attached hydrogens (tertiary/aromatic N) is 3. The summed E-state index contributed by atoms with van der Waals surface area (Å²) >= 11 is 1.79. The lowest BCUT2D eigenvalue weighted by Crippen LogP contribution is -1.96. The average Bonchev–Trinajstić information content (AvgIpc) is 3.18. The van der Waals surface area contributed by atoms with E-state index in [1.165, 1.54) is 21.7 Å². The Kier molecular flexibility index (Phi) is 4.95. The third-order valence-corrected chi connectivity index (χ3v) is 4.65. The molecule has 0 spiro atoms. The summed E-state index contributed by atoms with van der Waals surface area (Å²) in [6.07, 6.45) is 6.52. The van der Waals surface area contributed by atoms with E-state index in [1.54, 1.807) is 11.3 Å². The number of anilines is 1. The first-order valence-corrected chi connectivity index (χ1v) is 8.38. The molecular weight excluding hydrogens is 339 g/mol. The molecule has 3 aromatic heterocycles. The van der Waals surface area contributed by atoms with Gasteiger partial charge in [0, 0.05) is 48.7 Å². The predicted octanol–water partition coefficient (Wildman–Crippen LogP) is 3.73. The zero-order valence-electron chi connectivity index (χ0n) is 13.6. The molecule has 3 heterocycles. The number of benzene rings is 1. The van der Waals surface area contributed by atoms with Crippen LogP contribution in [0.15, 0.2) is 55.0 Å². The number of halogens is 1. The number of rotatable bonds is 2. The first kappa shape index (κ1) is 16.9. The van der Waals surface area contributed by atoms with Crippen LogP contribution in [0.3, 0.4) is 0 Å². The third-order valence-electron chi connectivity index (χ3n) is 3.56. The van der Waals surface area contributed by atoms with Crippen molar-refractivity contribution in [3.8, 4) is 5.75 Å². The molecule has 7 heteroatoms. The van der Waals surface area contributed by atoms with E-state index in [2.05, 4.69) is 26.7 Å². The summed E-state index contributed by atoms with van der Waals surface area (Å²) in [5, 5.41) is 8.61. The molecule has 0 unspecified atom stereocenters. The molecule has 0 saturated heterocycles. The zero-order chi connectivity index (χ0) is 17.8. The highest BCUT2D eigenvalue weighted by atomic mass is 32.1. The number of aromatic nitrogens is 3. The molecule has 0 aliphatic heterocycles. The summed E-state index contributed by atoms with van der Waals surface area (Å²) in [5.74, 6) is 0.0331. The van der Waals surface area contributed by atoms with Gasteiger partial charge in [0.15, 0.2) is 11.6 Å². The summed E-state index contributed by atoms with van der Waals surface area (Å²) in [6, 6.07) is 9.94. The molecule has 0 radical (unpaired) electrons. The van der Waals surface area contributed by atoms with Crippen molar-refractivity contribution in [2.24, 2.45) is 7.05 Å². The number of imidazole rings is 1. The van der Waals surface area contributed by atoms with Crippen molar-refractivity contribution in [2.75, 3.05) is 5.73 Å². The number of pyridine rings is 1. The Hall–Kier alpha value is -2.93. The van der Waals surface area contributed by atoms with Gasteiger partial charge in [-0.2, -0.15) is 0 Å². The molecular formula is C18H17FN4OS. The van der Waals surface area contributed by atoms with Gasteiger partial charge in [0.25, 0.3) is 0 Å². The topological polar surface area (TPSA) is 77.0 Å². The number of nitrogen functional groups attached to an aromatic ring is 1. The predicted molar refractivity (Wildman–Crippen MR) is 98.1 cm³/mol. The summed E-state index contributed by atoms with van der Waals surface area (Å²) in [6.45, 7) is 0. The van der Waals surface area contributed by atoms with Crippen LogP contribution < -0.4 is 5.73 Å². The van der Waals surface area contributed by atoms with Crippen LogP contribution in [0.4, 0.5) is 10.1 Å². The molecule has 0 aliphatic rings. The van der Waals surface area contributed by atoms with E-state index in [9.17, 15) is 4.39 Å². The van der Waals surface area contributed by atoms with E-state index in [0.717, 1.165) is 23.8 Å². The SMILES string of the molecule is Cn1ccnc1Cc1cc2ncccc2s1.Nc1ccc(O)c(F)c1. The Morgan fingerprint density at radius 1 is 1.20 bits per heavy atom. The van der Waals surface area contributed by atoms with Crippen LogP contribution in [0, 0.1) is 5.82 Å². The minimum atomic E-state index is -0.685. The molecule has 0 amide bonds. The standard InChI is InChI=1S/C12H11N3S.C6H6FNO/c1-15-6-5-14-12(15)8-9-7-10-11(16-9)3-2-4-13-10;7-5-3-4(8)1-2-6(5)9/h2-7H,8H2,1H3;1-3,9H,8H2. The van der Waals surface area contributed by atoms with Crippen molar-refractivity contribution in [2.45, 2.75) is 6.42 Å². The first-order valence-electron chi connectivity index (χ1n) is 7.56. The Labute approximate surface area is 148 Å². The Morgan fingerprint density at radius 2 is 2.04 bits per heavy atom. The third kappa shape index (κ3) is 4.13. The molecule has 1 aromatic carbocycles. The molecule has 0 fully saturated rings. The van der Waals surface area contributed by atoms with Gasteiger partial charge >= 0.3 is 0 Å². The quantitative estimate of drug-likeness (QED) is 0.424. The highest BCUT2D eigenvalue weighted by molar-refractivity contribution is 7.19. The fourth-order valence-electron chi connectivity index (χ4n) is 2.25. The lowest BCUT2D eigenvalue weighted by molar-refractivity contribution is 0.432. The average molecular weight is 356 g/mol. The Morgan fingerprint density at radius 3 is 2.68 bits per heavy atom. The van der Waals surface area contributed by atoms with Crippen molar-refractivity contribution in [3.05, 3.63) is 71.5 Å². The lowest BCUT2D eigenvalue weighted by atomic mass is 10.3. The maximum atomic E-state index is 12.2. The van der Waals surface area contributed by atoms with Gasteiger partial charge in [-0.15, -0.1) is 11.3 Å². The van der Waals surface area contributed by atoms with Gasteiger partial charge in [-0.25, -0.2) is 9.37 Å². The molecule has 0 aliphatic carbocycles. The van der Waals surface area contributed by atoms with Gasteiger partial charge < -0.3 is 15.4 Å². The fourth-order valence-corrected chi connectivity index (χ4v) is 3.27. The van der Waals surface area contributed by atoms with Crippen molar-refractivity contribution in [1.82, 2.24) is 14.5 Å². The number of aryl methyl sites for hydroxylation is 1. The van der Waals surface area contributed by atoms with Crippen LogP contribution in [-0.4, -0.2) is 19.6 Å². The summed E-state index contributed by atoms with van der Waals surface area (Å²) in [5.41, 5.74) is 6.57. The fraction of sp³-hybridized carbons (Fsp3) is 0.111. The second-order valence-corrected chi connectivity index (χ2v) is 6.61. The minimum absolute atomic E-state index is 0.310. The van der Waals surface area contributed by atoms with Crippen LogP contribution in [0.25, 0.3) is 10.2 Å². The van der Waals surface area contributed by atoms with E-state index >= 15 is 0 Å². The maximum Gasteiger partial charge on any atom is 0.166 e. The van der Waals surface area contributed by atoms with E-state index in [4.69, 9.17) is 10.8 Å². The van der Waals surface area contributed by atoms with E-state index in [0.29, 0.717) is 5.69 Å². The van der Waals surface area contributed by atoms with E-state index < -0.39 is 5.82 Å². The monoisotopic (exact) mass is 356 g/mol. The normalized spacial score (nSPS) is 10.5. The number of aromatic hydroxyl groups is 1. The van der Waals surface area contributed by atoms with Gasteiger partial charge in [0.2, 0.25) is 0 Å². The number of hydrogen-bond acceptors (Lipinski definition) is 5. The smallest absolute Gasteiger partial charge is 0.166 e. The molecule has 5 nitrogen and oxygen atoms in total. The van der Waals surface area contributed by atoms with Gasteiger partial charge in [0.05, 0.1) is 10.2 Å². The zero-order valence-corrected chi connectivity index (χ0v) is 14.4. The van der Waals surface area contributed by atoms with Gasteiger partial charge in [-0.3, -0.25) is 4.98 Å². The molecule has 0 atom stereocenters. The lowest BCUT2D eigenvalue weighted by Gasteiger charge is -1.97. The summed E-state index contributed by atoms with van der Waals surface area (Å²) < 4.78 is 15.5. The van der Waals surface area contributed by atoms with Crippen LogP contribution in [-0.2, 0) is 13.5 Å². The maximum absolute atomic E-state index is 12.2. The van der Waals surface area contributed by atoms with Crippen molar-refractivity contribution in [1.29, 1.82) is 0 Å². The molecule has 0 bridgehead atoms. The molecule has 4 aromatic rings. The van der Waals surface area contributed by atoms with Crippen LogP contribution in [0.2, 0.25) is 0 Å². The highest BCUT2D eigenvalue weighted by Gasteiger charge is 2.06. The Balaban J connectivity index is 0.000000173. The molecule has 128 valence electrons. The Bertz CT molecular complexity index is 963. The van der Waals surface area contributed by atoms with Crippen LogP contribution >= 0.6 is 11.3 Å². The number of phenols is 1. The number of hydrogen-bond donors (Lipinski definition) is 2. The number of phenolic OH excluding ortho intramolecular Hbond substituents is 1. The van der Waals surface area contributed by atoms with Gasteiger partial charge in [-0.1, -0.05) is 0 Å². The van der Waals surface area contributed by atoms with Crippen molar-refractivity contribution < 1.29 is 9.50 Å². The first-order chi connectivity index (χ1) is 12.0. The van der Waals surface area contributed by atoms with Crippen LogP contribution in [0.1, 0.15) is 10.7 Å². The summed E-state index contributed by atoms with van der Waals surface area (Å²) in [7, 11) is 2.02. The molecule has 25 heavy (non-hydrogen) atoms. The van der Waals surface area contributed by atoms with Crippen molar-refractivity contribution >= 4 is 27.2 Å². The second-order valence-electron chi connectivity index (χ2n) is 5.44. The number of fused-ring (bicyclic) bond motifs is 1. The summed E-state index contributed by atoms with van der Waals surface area (Å²) in [4.78, 5) is 9.98. The minimum Gasteiger partial charge on any atom is -0.505 e. The van der Waals surface area contributed by atoms with Gasteiger partial charge in [0.1, 0.15) is 5.82 Å². The van der Waals surface area contributed by atoms with Crippen LogP contribution in [0.5, 0.6) is 5.75 Å². The second kappa shape index (κ2) is 7.31.